The van der Waals surface area contributed by atoms with Crippen LogP contribution in [0.5, 0.6) is 0 Å². The van der Waals surface area contributed by atoms with Gasteiger partial charge in [0.1, 0.15) is 5.82 Å². The normalized spacial score (nSPS) is 22.6. The maximum atomic E-state index is 13.4. The van der Waals surface area contributed by atoms with Gasteiger partial charge in [-0.3, -0.25) is 0 Å². The van der Waals surface area contributed by atoms with E-state index in [4.69, 9.17) is 5.21 Å². The minimum Gasteiger partial charge on any atom is -0.411 e. The van der Waals surface area contributed by atoms with Crippen molar-refractivity contribution < 1.29 is 18.0 Å². The van der Waals surface area contributed by atoms with Gasteiger partial charge < -0.3 is 5.21 Å². The molecular formula is C14H19FN2O3S. The minimum atomic E-state index is -3.73. The third-order valence-corrected chi connectivity index (χ3v) is 5.91. The predicted molar refractivity (Wildman–Crippen MR) is 77.5 cm³/mol. The zero-order valence-corrected chi connectivity index (χ0v) is 12.9. The molecule has 5 nitrogen and oxygen atoms in total. The molecule has 0 aromatic heterocycles. The van der Waals surface area contributed by atoms with Gasteiger partial charge in [-0.15, -0.1) is 0 Å². The Morgan fingerprint density at radius 2 is 2.19 bits per heavy atom. The SMILES string of the molecule is CCC1CN(S(=O)(=O)c2cc(F)ccc2C)CC/C1=N\O. The zero-order valence-electron chi connectivity index (χ0n) is 12.1. The quantitative estimate of drug-likeness (QED) is 0.688. The average Bonchev–Trinajstić information content (AvgIpc) is 2.48. The van der Waals surface area contributed by atoms with Crippen LogP contribution in [0.3, 0.4) is 0 Å². The lowest BCUT2D eigenvalue weighted by molar-refractivity contribution is 0.295. The Bertz CT molecular complexity index is 658. The first kappa shape index (κ1) is 15.9. The highest BCUT2D eigenvalue weighted by atomic mass is 32.2. The Hall–Kier alpha value is -1.47. The van der Waals surface area contributed by atoms with Crippen molar-refractivity contribution in [3.05, 3.63) is 29.6 Å². The molecule has 1 atom stereocenters. The summed E-state index contributed by atoms with van der Waals surface area (Å²) in [6.45, 7) is 4.07. The molecule has 116 valence electrons. The van der Waals surface area contributed by atoms with Gasteiger partial charge in [0.25, 0.3) is 0 Å². The lowest BCUT2D eigenvalue weighted by Gasteiger charge is -2.32. The summed E-state index contributed by atoms with van der Waals surface area (Å²) in [5, 5.41) is 12.2. The largest absolute Gasteiger partial charge is 0.411 e. The molecule has 1 fully saturated rings. The van der Waals surface area contributed by atoms with Crippen LogP contribution >= 0.6 is 0 Å². The van der Waals surface area contributed by atoms with E-state index >= 15 is 0 Å². The summed E-state index contributed by atoms with van der Waals surface area (Å²) in [4.78, 5) is 0.00161. The highest BCUT2D eigenvalue weighted by Crippen LogP contribution is 2.26. The van der Waals surface area contributed by atoms with E-state index in [2.05, 4.69) is 5.16 Å². The van der Waals surface area contributed by atoms with E-state index in [0.29, 0.717) is 24.1 Å². The van der Waals surface area contributed by atoms with Crippen LogP contribution in [0.4, 0.5) is 4.39 Å². The van der Waals surface area contributed by atoms with E-state index in [1.54, 1.807) is 6.92 Å². The molecule has 1 aromatic carbocycles. The number of aryl methyl sites for hydroxylation is 1. The van der Waals surface area contributed by atoms with E-state index in [0.717, 1.165) is 6.07 Å². The van der Waals surface area contributed by atoms with Crippen LogP contribution in [0.25, 0.3) is 0 Å². The van der Waals surface area contributed by atoms with E-state index < -0.39 is 15.8 Å². The Balaban J connectivity index is 2.34. The van der Waals surface area contributed by atoms with Crippen molar-refractivity contribution in [3.8, 4) is 0 Å². The first-order chi connectivity index (χ1) is 9.90. The molecule has 0 amide bonds. The highest BCUT2D eigenvalue weighted by molar-refractivity contribution is 7.89. The summed E-state index contributed by atoms with van der Waals surface area (Å²) in [6, 6.07) is 3.77. The van der Waals surface area contributed by atoms with Crippen LogP contribution in [0, 0.1) is 18.7 Å². The van der Waals surface area contributed by atoms with Crippen molar-refractivity contribution in [1.82, 2.24) is 4.31 Å². The van der Waals surface area contributed by atoms with Crippen molar-refractivity contribution in [2.45, 2.75) is 31.6 Å². The van der Waals surface area contributed by atoms with Gasteiger partial charge in [-0.25, -0.2) is 12.8 Å². The fourth-order valence-corrected chi connectivity index (χ4v) is 4.31. The lowest BCUT2D eigenvalue weighted by Crippen LogP contribution is -2.44. The third kappa shape index (κ3) is 3.08. The Morgan fingerprint density at radius 1 is 1.48 bits per heavy atom. The number of piperidine rings is 1. The van der Waals surface area contributed by atoms with E-state index in [9.17, 15) is 12.8 Å². The van der Waals surface area contributed by atoms with Crippen LogP contribution < -0.4 is 0 Å². The van der Waals surface area contributed by atoms with Gasteiger partial charge in [-0.2, -0.15) is 4.31 Å². The second-order valence-corrected chi connectivity index (χ2v) is 7.13. The molecule has 1 aromatic rings. The number of nitrogens with zero attached hydrogens (tertiary/aromatic N) is 2. The van der Waals surface area contributed by atoms with Crippen LogP contribution in [-0.4, -0.2) is 36.7 Å². The summed E-state index contributed by atoms with van der Waals surface area (Å²) < 4.78 is 40.1. The summed E-state index contributed by atoms with van der Waals surface area (Å²) >= 11 is 0. The first-order valence-corrected chi connectivity index (χ1v) is 8.31. The van der Waals surface area contributed by atoms with Gasteiger partial charge in [-0.05, 0) is 31.0 Å². The van der Waals surface area contributed by atoms with E-state index in [1.165, 1.54) is 16.4 Å². The smallest absolute Gasteiger partial charge is 0.243 e. The van der Waals surface area contributed by atoms with Gasteiger partial charge in [0.05, 0.1) is 10.6 Å². The molecule has 21 heavy (non-hydrogen) atoms. The van der Waals surface area contributed by atoms with Gasteiger partial charge in [-0.1, -0.05) is 18.1 Å². The number of sulfonamides is 1. The fourth-order valence-electron chi connectivity index (χ4n) is 2.59. The maximum absolute atomic E-state index is 13.4. The molecule has 0 aliphatic carbocycles. The van der Waals surface area contributed by atoms with Gasteiger partial charge in [0.2, 0.25) is 10.0 Å². The second-order valence-electron chi connectivity index (χ2n) is 5.22. The van der Waals surface area contributed by atoms with Crippen LogP contribution in [0.1, 0.15) is 25.3 Å². The van der Waals surface area contributed by atoms with Crippen LogP contribution in [0.2, 0.25) is 0 Å². The monoisotopic (exact) mass is 314 g/mol. The van der Waals surface area contributed by atoms with Crippen molar-refractivity contribution >= 4 is 15.7 Å². The Labute approximate surface area is 124 Å². The molecule has 1 aliphatic heterocycles. The van der Waals surface area contributed by atoms with E-state index in [-0.39, 0.29) is 23.9 Å². The average molecular weight is 314 g/mol. The van der Waals surface area contributed by atoms with Crippen molar-refractivity contribution in [3.63, 3.8) is 0 Å². The minimum absolute atomic E-state index is 0.00161. The highest BCUT2D eigenvalue weighted by Gasteiger charge is 2.33. The molecule has 1 aliphatic rings. The maximum Gasteiger partial charge on any atom is 0.243 e. The molecule has 1 saturated heterocycles. The Kier molecular flexibility index (Phi) is 4.63. The zero-order chi connectivity index (χ0) is 15.6. The van der Waals surface area contributed by atoms with Crippen molar-refractivity contribution in [2.24, 2.45) is 11.1 Å². The summed E-state index contributed by atoms with van der Waals surface area (Å²) in [5.41, 5.74) is 1.14. The molecule has 0 radical (unpaired) electrons. The number of hydrogen-bond acceptors (Lipinski definition) is 4. The third-order valence-electron chi connectivity index (χ3n) is 3.90. The summed E-state index contributed by atoms with van der Waals surface area (Å²) in [5.74, 6) is -0.673. The molecule has 1 heterocycles. The standard InChI is InChI=1S/C14H19FN2O3S/c1-3-11-9-17(7-6-13(11)16-18)21(19,20)14-8-12(15)5-4-10(14)2/h4-5,8,11,18H,3,6-7,9H2,1-2H3/b16-13+. The Morgan fingerprint density at radius 3 is 2.81 bits per heavy atom. The molecule has 1 N–H and O–H groups in total. The second kappa shape index (κ2) is 6.11. The lowest BCUT2D eigenvalue weighted by atomic mass is 9.95. The molecule has 7 heteroatoms. The van der Waals surface area contributed by atoms with Crippen molar-refractivity contribution in [1.29, 1.82) is 0 Å². The topological polar surface area (TPSA) is 70.0 Å². The molecule has 2 rings (SSSR count). The van der Waals surface area contributed by atoms with Gasteiger partial charge in [0.15, 0.2) is 0 Å². The molecule has 1 unspecified atom stereocenters. The predicted octanol–water partition coefficient (Wildman–Crippen LogP) is 2.38. The number of hydrogen-bond donors (Lipinski definition) is 1. The number of rotatable bonds is 3. The van der Waals surface area contributed by atoms with E-state index in [1.807, 2.05) is 6.92 Å². The first-order valence-electron chi connectivity index (χ1n) is 6.87. The summed E-state index contributed by atoms with van der Waals surface area (Å²) in [7, 11) is -3.73. The van der Waals surface area contributed by atoms with Gasteiger partial charge in [0, 0.05) is 25.4 Å². The number of halogens is 1. The fraction of sp³-hybridized carbons (Fsp3) is 0.500. The molecule has 0 spiro atoms. The van der Waals surface area contributed by atoms with Crippen molar-refractivity contribution in [2.75, 3.05) is 13.1 Å². The number of oxime groups is 1. The number of benzene rings is 1. The molecular weight excluding hydrogens is 295 g/mol. The van der Waals surface area contributed by atoms with Crippen LogP contribution in [-0.2, 0) is 10.0 Å². The van der Waals surface area contributed by atoms with Gasteiger partial charge >= 0.3 is 0 Å². The molecule has 0 bridgehead atoms. The van der Waals surface area contributed by atoms with Crippen LogP contribution in [0.15, 0.2) is 28.3 Å². The molecule has 0 saturated carbocycles. The summed E-state index contributed by atoms with van der Waals surface area (Å²) in [6.07, 6.45) is 1.08.